The molecule has 1 fully saturated rings. The van der Waals surface area contributed by atoms with Gasteiger partial charge >= 0.3 is 11.9 Å². The van der Waals surface area contributed by atoms with Crippen molar-refractivity contribution >= 4 is 11.9 Å². The molecule has 100 valence electrons. The highest BCUT2D eigenvalue weighted by atomic mass is 16.4. The molecule has 0 aromatic carbocycles. The molecule has 0 spiro atoms. The van der Waals surface area contributed by atoms with Crippen molar-refractivity contribution in [3.63, 3.8) is 0 Å². The molecule has 0 saturated carbocycles. The molecule has 0 aromatic heterocycles. The molecule has 17 heavy (non-hydrogen) atoms. The number of aliphatic hydroxyl groups excluding tert-OH is 1. The van der Waals surface area contributed by atoms with Crippen molar-refractivity contribution in [3.8, 4) is 0 Å². The van der Waals surface area contributed by atoms with Crippen molar-refractivity contribution in [1.29, 1.82) is 0 Å². The smallest absolute Gasteiger partial charge is 0.323 e. The number of nitrogens with two attached hydrogens (primary N) is 1. The SMILES string of the molecule is CC(C)[C@H](N)C(=O)O.O=C(O)[C@H]1NCCC1O. The summed E-state index contributed by atoms with van der Waals surface area (Å²) in [5.41, 5.74) is 5.16. The Hall–Kier alpha value is -1.18. The van der Waals surface area contributed by atoms with Crippen LogP contribution in [0.3, 0.4) is 0 Å². The fourth-order valence-electron chi connectivity index (χ4n) is 1.23. The van der Waals surface area contributed by atoms with Crippen LogP contribution in [-0.2, 0) is 9.59 Å². The van der Waals surface area contributed by atoms with Gasteiger partial charge in [-0.2, -0.15) is 0 Å². The third kappa shape index (κ3) is 5.62. The van der Waals surface area contributed by atoms with Gasteiger partial charge in [-0.05, 0) is 18.9 Å². The number of aliphatic hydroxyl groups is 1. The van der Waals surface area contributed by atoms with Gasteiger partial charge in [-0.3, -0.25) is 9.59 Å². The number of hydrogen-bond donors (Lipinski definition) is 5. The summed E-state index contributed by atoms with van der Waals surface area (Å²) in [6.07, 6.45) is -0.167. The molecule has 7 nitrogen and oxygen atoms in total. The van der Waals surface area contributed by atoms with Crippen molar-refractivity contribution in [1.82, 2.24) is 5.32 Å². The lowest BCUT2D eigenvalue weighted by molar-refractivity contribution is -0.141. The van der Waals surface area contributed by atoms with E-state index in [1.807, 2.05) is 0 Å². The van der Waals surface area contributed by atoms with Gasteiger partial charge < -0.3 is 26.4 Å². The van der Waals surface area contributed by atoms with Gasteiger partial charge in [0, 0.05) is 0 Å². The highest BCUT2D eigenvalue weighted by Gasteiger charge is 2.30. The second-order valence-corrected chi connectivity index (χ2v) is 4.23. The van der Waals surface area contributed by atoms with Crippen LogP contribution in [0.15, 0.2) is 0 Å². The first-order valence-corrected chi connectivity index (χ1v) is 5.40. The zero-order valence-electron chi connectivity index (χ0n) is 9.96. The van der Waals surface area contributed by atoms with Gasteiger partial charge in [0.1, 0.15) is 12.1 Å². The number of carbonyl (C=O) groups is 2. The Morgan fingerprint density at radius 1 is 1.35 bits per heavy atom. The van der Waals surface area contributed by atoms with E-state index in [0.29, 0.717) is 13.0 Å². The Kier molecular flexibility index (Phi) is 6.71. The second-order valence-electron chi connectivity index (χ2n) is 4.23. The average Bonchev–Trinajstić information content (AvgIpc) is 2.64. The summed E-state index contributed by atoms with van der Waals surface area (Å²) < 4.78 is 0. The highest BCUT2D eigenvalue weighted by Crippen LogP contribution is 2.05. The molecule has 0 amide bonds. The van der Waals surface area contributed by atoms with Crippen molar-refractivity contribution in [2.45, 2.75) is 38.5 Å². The fourth-order valence-corrected chi connectivity index (χ4v) is 1.23. The van der Waals surface area contributed by atoms with Crippen molar-refractivity contribution in [3.05, 3.63) is 0 Å². The monoisotopic (exact) mass is 248 g/mol. The van der Waals surface area contributed by atoms with Crippen LogP contribution in [0.1, 0.15) is 20.3 Å². The molecular weight excluding hydrogens is 228 g/mol. The van der Waals surface area contributed by atoms with Crippen molar-refractivity contribution in [2.75, 3.05) is 6.54 Å². The predicted octanol–water partition coefficient (Wildman–Crippen LogP) is -1.15. The maximum absolute atomic E-state index is 10.2. The van der Waals surface area contributed by atoms with E-state index >= 15 is 0 Å². The van der Waals surface area contributed by atoms with Gasteiger partial charge in [0.25, 0.3) is 0 Å². The summed E-state index contributed by atoms with van der Waals surface area (Å²) in [5.74, 6) is -1.88. The molecule has 0 aromatic rings. The first kappa shape index (κ1) is 15.8. The Morgan fingerprint density at radius 2 is 1.88 bits per heavy atom. The number of hydrogen-bond acceptors (Lipinski definition) is 5. The maximum atomic E-state index is 10.2. The lowest BCUT2D eigenvalue weighted by Crippen LogP contribution is -2.38. The van der Waals surface area contributed by atoms with E-state index in [2.05, 4.69) is 5.32 Å². The van der Waals surface area contributed by atoms with E-state index < -0.39 is 30.1 Å². The summed E-state index contributed by atoms with van der Waals surface area (Å²) in [7, 11) is 0. The lowest BCUT2D eigenvalue weighted by Gasteiger charge is -2.07. The molecule has 1 saturated heterocycles. The van der Waals surface area contributed by atoms with Gasteiger partial charge in [-0.25, -0.2) is 0 Å². The normalized spacial score (nSPS) is 25.0. The molecular formula is C10H20N2O5. The van der Waals surface area contributed by atoms with E-state index in [1.54, 1.807) is 13.8 Å². The minimum absolute atomic E-state index is 0.0208. The molecule has 7 heteroatoms. The summed E-state index contributed by atoms with van der Waals surface area (Å²) in [6.45, 7) is 4.15. The number of carboxylic acids is 2. The third-order valence-electron chi connectivity index (χ3n) is 2.46. The minimum Gasteiger partial charge on any atom is -0.480 e. The topological polar surface area (TPSA) is 133 Å². The van der Waals surface area contributed by atoms with Crippen molar-refractivity contribution < 1.29 is 24.9 Å². The van der Waals surface area contributed by atoms with Gasteiger partial charge in [0.2, 0.25) is 0 Å². The Bertz CT molecular complexity index is 269. The Morgan fingerprint density at radius 3 is 2.00 bits per heavy atom. The molecule has 0 aliphatic carbocycles. The fraction of sp³-hybridized carbons (Fsp3) is 0.800. The number of rotatable bonds is 3. The van der Waals surface area contributed by atoms with Crippen LogP contribution >= 0.6 is 0 Å². The Balaban J connectivity index is 0.000000304. The van der Waals surface area contributed by atoms with Crippen LogP contribution in [-0.4, -0.2) is 52.0 Å². The molecule has 1 unspecified atom stereocenters. The molecule has 0 radical (unpaired) electrons. The van der Waals surface area contributed by atoms with Crippen molar-refractivity contribution in [2.24, 2.45) is 11.7 Å². The first-order chi connectivity index (χ1) is 7.77. The molecule has 1 rings (SSSR count). The molecule has 6 N–H and O–H groups in total. The van der Waals surface area contributed by atoms with Gasteiger partial charge in [-0.15, -0.1) is 0 Å². The van der Waals surface area contributed by atoms with Gasteiger partial charge in [0.15, 0.2) is 0 Å². The van der Waals surface area contributed by atoms with E-state index in [1.165, 1.54) is 0 Å². The lowest BCUT2D eigenvalue weighted by atomic mass is 10.1. The van der Waals surface area contributed by atoms with Crippen LogP contribution < -0.4 is 11.1 Å². The van der Waals surface area contributed by atoms with Gasteiger partial charge in [-0.1, -0.05) is 13.8 Å². The third-order valence-corrected chi connectivity index (χ3v) is 2.46. The highest BCUT2D eigenvalue weighted by molar-refractivity contribution is 5.74. The summed E-state index contributed by atoms with van der Waals surface area (Å²) in [6, 6.07) is -1.46. The van der Waals surface area contributed by atoms with Gasteiger partial charge in [0.05, 0.1) is 6.10 Å². The maximum Gasteiger partial charge on any atom is 0.323 e. The summed E-state index contributed by atoms with van der Waals surface area (Å²) in [4.78, 5) is 20.2. The standard InChI is InChI=1S/C5H9NO3.C5H11NO2/c7-3-1-2-6-4(3)5(8)9;1-3(2)4(6)5(7)8/h3-4,6-7H,1-2H2,(H,8,9);3-4H,6H2,1-2H3,(H,7,8)/t3?,4-;4-/m00/s1. The predicted molar refractivity (Wildman–Crippen MR) is 60.5 cm³/mol. The van der Waals surface area contributed by atoms with Crippen LogP contribution in [0.25, 0.3) is 0 Å². The summed E-state index contributed by atoms with van der Waals surface area (Å²) >= 11 is 0. The second kappa shape index (κ2) is 7.21. The summed E-state index contributed by atoms with van der Waals surface area (Å²) in [5, 5.41) is 28.2. The van der Waals surface area contributed by atoms with Crippen LogP contribution in [0.5, 0.6) is 0 Å². The molecule has 0 bridgehead atoms. The van der Waals surface area contributed by atoms with E-state index in [-0.39, 0.29) is 5.92 Å². The van der Waals surface area contributed by atoms with Crippen LogP contribution in [0.4, 0.5) is 0 Å². The molecule has 1 aliphatic rings. The van der Waals surface area contributed by atoms with E-state index in [0.717, 1.165) is 0 Å². The largest absolute Gasteiger partial charge is 0.480 e. The van der Waals surface area contributed by atoms with E-state index in [4.69, 9.17) is 21.1 Å². The first-order valence-electron chi connectivity index (χ1n) is 5.40. The molecule has 1 heterocycles. The van der Waals surface area contributed by atoms with E-state index in [9.17, 15) is 9.59 Å². The number of nitrogens with one attached hydrogen (secondary N) is 1. The number of aliphatic carboxylic acids is 2. The zero-order chi connectivity index (χ0) is 13.6. The molecule has 3 atom stereocenters. The zero-order valence-corrected chi connectivity index (χ0v) is 9.96. The number of carboxylic acid groups (broad SMARTS) is 2. The van der Waals surface area contributed by atoms with Crippen LogP contribution in [0, 0.1) is 5.92 Å². The minimum atomic E-state index is -0.972. The quantitative estimate of drug-likeness (QED) is 0.426. The molecule has 1 aliphatic heterocycles. The average molecular weight is 248 g/mol. The van der Waals surface area contributed by atoms with Crippen LogP contribution in [0.2, 0.25) is 0 Å². The Labute approximate surface area is 99.6 Å².